The molecule has 0 radical (unpaired) electrons. The Balaban J connectivity index is 1.80. The van der Waals surface area contributed by atoms with E-state index >= 15 is 0 Å². The monoisotopic (exact) mass is 429 g/mol. The van der Waals surface area contributed by atoms with E-state index in [1.54, 1.807) is 63.8 Å². The molecule has 1 aliphatic rings. The van der Waals surface area contributed by atoms with E-state index in [1.807, 2.05) is 30.3 Å². The summed E-state index contributed by atoms with van der Waals surface area (Å²) < 4.78 is 16.1. The molecule has 4 rings (SSSR count). The maximum atomic E-state index is 13.5. The van der Waals surface area contributed by atoms with E-state index in [2.05, 4.69) is 0 Å². The molecule has 0 saturated heterocycles. The quantitative estimate of drug-likeness (QED) is 0.428. The standard InChI is InChI=1S/C26H23NO5/c1-30-19-13-11-17(12-14-19)16-27-25(28)21-9-5-4-8-20(21)22(26(27)29)15-18-7-6-10-23(31-2)24(18)32-3/h4-15H,16H2,1-3H3/b22-15-. The molecule has 0 spiro atoms. The Bertz CT molecular complexity index is 1200. The van der Waals surface area contributed by atoms with Gasteiger partial charge in [0.1, 0.15) is 5.75 Å². The van der Waals surface area contributed by atoms with Crippen LogP contribution < -0.4 is 14.2 Å². The number of hydrogen-bond donors (Lipinski definition) is 0. The summed E-state index contributed by atoms with van der Waals surface area (Å²) in [6.45, 7) is 0.155. The van der Waals surface area contributed by atoms with Crippen molar-refractivity contribution < 1.29 is 23.8 Å². The van der Waals surface area contributed by atoms with Crippen LogP contribution in [0.1, 0.15) is 27.0 Å². The van der Waals surface area contributed by atoms with E-state index < -0.39 is 0 Å². The zero-order valence-corrected chi connectivity index (χ0v) is 18.1. The first kappa shape index (κ1) is 21.2. The van der Waals surface area contributed by atoms with Gasteiger partial charge in [-0.25, -0.2) is 0 Å². The Hall–Kier alpha value is -4.06. The molecule has 0 aliphatic carbocycles. The molecule has 0 fully saturated rings. The van der Waals surface area contributed by atoms with Gasteiger partial charge in [0.15, 0.2) is 11.5 Å². The number of methoxy groups -OCH3 is 3. The molecule has 0 N–H and O–H groups in total. The molecule has 0 unspecified atom stereocenters. The number of carbonyl (C=O) groups excluding carboxylic acids is 2. The third-order valence-electron chi connectivity index (χ3n) is 5.40. The summed E-state index contributed by atoms with van der Waals surface area (Å²) in [4.78, 5) is 28.0. The molecule has 0 aromatic heterocycles. The van der Waals surface area contributed by atoms with E-state index in [1.165, 1.54) is 4.90 Å². The van der Waals surface area contributed by atoms with Gasteiger partial charge in [0.25, 0.3) is 11.8 Å². The highest BCUT2D eigenvalue weighted by molar-refractivity contribution is 6.33. The normalized spacial score (nSPS) is 14.3. The number of ether oxygens (including phenoxy) is 3. The minimum atomic E-state index is -0.366. The molecule has 0 atom stereocenters. The van der Waals surface area contributed by atoms with E-state index in [0.717, 1.165) is 5.56 Å². The molecular weight excluding hydrogens is 406 g/mol. The van der Waals surface area contributed by atoms with Gasteiger partial charge >= 0.3 is 0 Å². The van der Waals surface area contributed by atoms with Gasteiger partial charge in [0.05, 0.1) is 27.9 Å². The molecule has 6 heteroatoms. The van der Waals surface area contributed by atoms with Crippen LogP contribution in [0.4, 0.5) is 0 Å². The van der Waals surface area contributed by atoms with Crippen LogP contribution in [0.3, 0.4) is 0 Å². The summed E-state index contributed by atoms with van der Waals surface area (Å²) in [7, 11) is 4.70. The second-order valence-corrected chi connectivity index (χ2v) is 7.23. The number of hydrogen-bond acceptors (Lipinski definition) is 5. The molecule has 32 heavy (non-hydrogen) atoms. The molecule has 0 bridgehead atoms. The smallest absolute Gasteiger partial charge is 0.261 e. The number of para-hydroxylation sites is 1. The van der Waals surface area contributed by atoms with Crippen LogP contribution in [0.5, 0.6) is 17.2 Å². The van der Waals surface area contributed by atoms with Gasteiger partial charge < -0.3 is 14.2 Å². The topological polar surface area (TPSA) is 65.1 Å². The van der Waals surface area contributed by atoms with E-state index in [-0.39, 0.29) is 18.4 Å². The molecule has 3 aromatic rings. The van der Waals surface area contributed by atoms with Crippen molar-refractivity contribution in [2.75, 3.05) is 21.3 Å². The fourth-order valence-corrected chi connectivity index (χ4v) is 3.78. The Morgan fingerprint density at radius 3 is 2.12 bits per heavy atom. The molecule has 2 amide bonds. The van der Waals surface area contributed by atoms with Crippen molar-refractivity contribution in [2.24, 2.45) is 0 Å². The Kier molecular flexibility index (Phi) is 5.94. The van der Waals surface area contributed by atoms with E-state index in [4.69, 9.17) is 14.2 Å². The lowest BCUT2D eigenvalue weighted by Gasteiger charge is -2.29. The van der Waals surface area contributed by atoms with Gasteiger partial charge in [0, 0.05) is 16.7 Å². The lowest BCUT2D eigenvalue weighted by molar-refractivity contribution is -0.123. The summed E-state index contributed by atoms with van der Waals surface area (Å²) in [5.41, 5.74) is 3.00. The van der Waals surface area contributed by atoms with Gasteiger partial charge in [-0.15, -0.1) is 0 Å². The molecule has 6 nitrogen and oxygen atoms in total. The number of nitrogens with zero attached hydrogens (tertiary/aromatic N) is 1. The summed E-state index contributed by atoms with van der Waals surface area (Å²) in [5.74, 6) is 1.10. The first-order valence-electron chi connectivity index (χ1n) is 10.1. The fraction of sp³-hybridized carbons (Fsp3) is 0.154. The highest BCUT2D eigenvalue weighted by atomic mass is 16.5. The van der Waals surface area contributed by atoms with Crippen LogP contribution in [-0.4, -0.2) is 38.0 Å². The van der Waals surface area contributed by atoms with Gasteiger partial charge in [-0.2, -0.15) is 0 Å². The Labute approximate surface area is 186 Å². The second kappa shape index (κ2) is 8.98. The molecule has 1 aliphatic heterocycles. The zero-order chi connectivity index (χ0) is 22.7. The number of fused-ring (bicyclic) bond motifs is 1. The highest BCUT2D eigenvalue weighted by Gasteiger charge is 2.34. The molecule has 162 valence electrons. The van der Waals surface area contributed by atoms with E-state index in [0.29, 0.717) is 39.5 Å². The average Bonchev–Trinajstić information content (AvgIpc) is 2.84. The predicted molar refractivity (Wildman–Crippen MR) is 122 cm³/mol. The first-order valence-corrected chi connectivity index (χ1v) is 10.1. The van der Waals surface area contributed by atoms with Crippen molar-refractivity contribution in [1.29, 1.82) is 0 Å². The molecule has 0 saturated carbocycles. The lowest BCUT2D eigenvalue weighted by atomic mass is 9.91. The largest absolute Gasteiger partial charge is 0.497 e. The van der Waals surface area contributed by atoms with Gasteiger partial charge in [-0.05, 0) is 41.5 Å². The van der Waals surface area contributed by atoms with Crippen molar-refractivity contribution >= 4 is 23.5 Å². The third-order valence-corrected chi connectivity index (χ3v) is 5.40. The Morgan fingerprint density at radius 1 is 0.750 bits per heavy atom. The third kappa shape index (κ3) is 3.83. The van der Waals surface area contributed by atoms with Crippen molar-refractivity contribution in [1.82, 2.24) is 4.90 Å². The number of carbonyl (C=O) groups is 2. The van der Waals surface area contributed by atoms with Crippen LogP contribution in [0.15, 0.2) is 66.7 Å². The molecule has 1 heterocycles. The minimum Gasteiger partial charge on any atom is -0.497 e. The summed E-state index contributed by atoms with van der Waals surface area (Å²) in [5, 5.41) is 0. The summed E-state index contributed by atoms with van der Waals surface area (Å²) in [6.07, 6.45) is 1.75. The van der Waals surface area contributed by atoms with Crippen LogP contribution in [0, 0.1) is 0 Å². The number of imide groups is 1. The summed E-state index contributed by atoms with van der Waals surface area (Å²) in [6, 6.07) is 19.9. The van der Waals surface area contributed by atoms with Gasteiger partial charge in [-0.1, -0.05) is 42.5 Å². The fourth-order valence-electron chi connectivity index (χ4n) is 3.78. The SMILES string of the molecule is COc1ccc(CN2C(=O)/C(=C\c3cccc(OC)c3OC)c3ccccc3C2=O)cc1. The second-order valence-electron chi connectivity index (χ2n) is 7.23. The van der Waals surface area contributed by atoms with Crippen LogP contribution in [0.2, 0.25) is 0 Å². The molecule has 3 aromatic carbocycles. The van der Waals surface area contributed by atoms with Gasteiger partial charge in [-0.3, -0.25) is 14.5 Å². The van der Waals surface area contributed by atoms with Crippen molar-refractivity contribution in [3.8, 4) is 17.2 Å². The molecular formula is C26H23NO5. The lowest BCUT2D eigenvalue weighted by Crippen LogP contribution is -2.41. The van der Waals surface area contributed by atoms with Crippen molar-refractivity contribution in [3.63, 3.8) is 0 Å². The average molecular weight is 429 g/mol. The number of rotatable bonds is 6. The first-order chi connectivity index (χ1) is 15.6. The maximum Gasteiger partial charge on any atom is 0.261 e. The minimum absolute atomic E-state index is 0.155. The predicted octanol–water partition coefficient (Wildman–Crippen LogP) is 4.44. The maximum absolute atomic E-state index is 13.5. The van der Waals surface area contributed by atoms with Crippen molar-refractivity contribution in [3.05, 3.63) is 89.0 Å². The van der Waals surface area contributed by atoms with Gasteiger partial charge in [0.2, 0.25) is 0 Å². The van der Waals surface area contributed by atoms with Crippen LogP contribution in [-0.2, 0) is 11.3 Å². The van der Waals surface area contributed by atoms with Crippen LogP contribution >= 0.6 is 0 Å². The number of benzene rings is 3. The number of amides is 2. The van der Waals surface area contributed by atoms with Crippen molar-refractivity contribution in [2.45, 2.75) is 6.54 Å². The highest BCUT2D eigenvalue weighted by Crippen LogP contribution is 2.36. The van der Waals surface area contributed by atoms with Crippen LogP contribution in [0.25, 0.3) is 11.6 Å². The summed E-state index contributed by atoms with van der Waals surface area (Å²) >= 11 is 0. The zero-order valence-electron chi connectivity index (χ0n) is 18.1. The van der Waals surface area contributed by atoms with E-state index in [9.17, 15) is 9.59 Å². The Morgan fingerprint density at radius 2 is 1.47 bits per heavy atom.